The second-order valence-electron chi connectivity index (χ2n) is 9.66. The van der Waals surface area contributed by atoms with Crippen LogP contribution in [0.25, 0.3) is 0 Å². The fourth-order valence-electron chi connectivity index (χ4n) is 4.55. The molecule has 0 saturated carbocycles. The molecule has 0 heterocycles. The number of sulfonamides is 1. The summed E-state index contributed by atoms with van der Waals surface area (Å²) < 4.78 is 29.0. The van der Waals surface area contributed by atoms with E-state index in [2.05, 4.69) is 5.32 Å². The van der Waals surface area contributed by atoms with Crippen molar-refractivity contribution in [2.45, 2.75) is 30.8 Å². The van der Waals surface area contributed by atoms with Gasteiger partial charge in [-0.25, -0.2) is 8.42 Å². The molecule has 2 amide bonds. The fourth-order valence-corrected chi connectivity index (χ4v) is 6.46. The zero-order valence-electron chi connectivity index (χ0n) is 23.3. The molecule has 4 aromatic rings. The average molecular weight is 659 g/mol. The van der Waals surface area contributed by atoms with Gasteiger partial charge in [0, 0.05) is 34.6 Å². The third-order valence-electron chi connectivity index (χ3n) is 6.70. The highest BCUT2D eigenvalue weighted by Crippen LogP contribution is 2.28. The number of likely N-dealkylation sites (N-methyl/N-ethyl adjacent to an activating group) is 1. The number of carbonyl (C=O) groups excluding carboxylic acids is 2. The molecule has 0 spiro atoms. The minimum absolute atomic E-state index is 0.0302. The summed E-state index contributed by atoms with van der Waals surface area (Å²) in [5, 5.41) is 3.89. The molecule has 0 unspecified atom stereocenters. The highest BCUT2D eigenvalue weighted by molar-refractivity contribution is 7.92. The van der Waals surface area contributed by atoms with Crippen molar-refractivity contribution in [3.63, 3.8) is 0 Å². The van der Waals surface area contributed by atoms with E-state index in [9.17, 15) is 18.0 Å². The van der Waals surface area contributed by atoms with Crippen molar-refractivity contribution in [3.05, 3.63) is 129 Å². The van der Waals surface area contributed by atoms with Gasteiger partial charge in [0.1, 0.15) is 12.6 Å². The second-order valence-corrected chi connectivity index (χ2v) is 12.8. The van der Waals surface area contributed by atoms with Crippen LogP contribution in [0.5, 0.6) is 0 Å². The minimum atomic E-state index is -4.27. The van der Waals surface area contributed by atoms with Crippen LogP contribution in [0.4, 0.5) is 5.69 Å². The van der Waals surface area contributed by atoms with E-state index in [1.807, 2.05) is 30.3 Å². The fraction of sp³-hybridized carbons (Fsp3) is 0.188. The molecule has 0 aliphatic heterocycles. The predicted molar refractivity (Wildman–Crippen MR) is 172 cm³/mol. The van der Waals surface area contributed by atoms with E-state index in [1.54, 1.807) is 49.4 Å². The number of anilines is 1. The smallest absolute Gasteiger partial charge is 0.264 e. The van der Waals surface area contributed by atoms with E-state index in [4.69, 9.17) is 34.8 Å². The molecule has 4 aromatic carbocycles. The van der Waals surface area contributed by atoms with Crippen LogP contribution in [-0.2, 0) is 32.6 Å². The maximum absolute atomic E-state index is 14.3. The summed E-state index contributed by atoms with van der Waals surface area (Å²) in [7, 11) is -4.27. The number of halogens is 3. The Morgan fingerprint density at radius 2 is 1.49 bits per heavy atom. The molecule has 0 bridgehead atoms. The van der Waals surface area contributed by atoms with Crippen molar-refractivity contribution >= 4 is 62.3 Å². The second kappa shape index (κ2) is 14.8. The van der Waals surface area contributed by atoms with Gasteiger partial charge in [-0.05, 0) is 66.6 Å². The third-order valence-corrected chi connectivity index (χ3v) is 9.34. The summed E-state index contributed by atoms with van der Waals surface area (Å²) >= 11 is 18.8. The molecule has 1 N–H and O–H groups in total. The van der Waals surface area contributed by atoms with Crippen molar-refractivity contribution in [2.24, 2.45) is 0 Å². The predicted octanol–water partition coefficient (Wildman–Crippen LogP) is 6.62. The Balaban J connectivity index is 1.80. The molecule has 0 aromatic heterocycles. The van der Waals surface area contributed by atoms with Crippen molar-refractivity contribution in [2.75, 3.05) is 17.4 Å². The highest BCUT2D eigenvalue weighted by atomic mass is 35.5. The van der Waals surface area contributed by atoms with Gasteiger partial charge in [0.25, 0.3) is 10.0 Å². The quantitative estimate of drug-likeness (QED) is 0.185. The largest absolute Gasteiger partial charge is 0.355 e. The van der Waals surface area contributed by atoms with Gasteiger partial charge in [-0.2, -0.15) is 0 Å². The van der Waals surface area contributed by atoms with Crippen molar-refractivity contribution < 1.29 is 18.0 Å². The Hall–Kier alpha value is -3.56. The first kappa shape index (κ1) is 32.4. The number of benzene rings is 4. The molecule has 4 rings (SSSR count). The van der Waals surface area contributed by atoms with Gasteiger partial charge in [-0.15, -0.1) is 0 Å². The summed E-state index contributed by atoms with van der Waals surface area (Å²) in [6, 6.07) is 27.2. The van der Waals surface area contributed by atoms with E-state index in [1.165, 1.54) is 35.2 Å². The maximum Gasteiger partial charge on any atom is 0.264 e. The van der Waals surface area contributed by atoms with Crippen molar-refractivity contribution in [3.8, 4) is 0 Å². The molecular formula is C32H30Cl3N3O4S. The molecule has 0 saturated heterocycles. The summed E-state index contributed by atoms with van der Waals surface area (Å²) in [6.07, 6.45) is 0.198. The van der Waals surface area contributed by atoms with Gasteiger partial charge in [0.05, 0.1) is 10.6 Å². The molecular weight excluding hydrogens is 629 g/mol. The lowest BCUT2D eigenvalue weighted by Gasteiger charge is -2.34. The lowest BCUT2D eigenvalue weighted by atomic mass is 10.0. The average Bonchev–Trinajstić information content (AvgIpc) is 2.99. The van der Waals surface area contributed by atoms with Crippen LogP contribution in [0.15, 0.2) is 108 Å². The molecule has 224 valence electrons. The third kappa shape index (κ3) is 8.30. The van der Waals surface area contributed by atoms with Crippen LogP contribution in [-0.4, -0.2) is 44.3 Å². The Labute approximate surface area is 267 Å². The normalized spacial score (nSPS) is 11.9. The van der Waals surface area contributed by atoms with Gasteiger partial charge in [-0.1, -0.05) is 89.4 Å². The van der Waals surface area contributed by atoms with Crippen LogP contribution in [0.1, 0.15) is 18.1 Å². The molecule has 0 fully saturated rings. The standard InChI is InChI=1S/C32H30Cl3N3O4S/c1-2-36-32(40)30(19-23-9-4-3-5-10-23)37(21-24-11-6-7-14-29(24)35)31(39)22-38(27-13-8-12-26(34)20-27)43(41,42)28-17-15-25(33)16-18-28/h3-18,20,30H,2,19,21-22H2,1H3,(H,36,40)/t30-/m1/s1. The van der Waals surface area contributed by atoms with Crippen LogP contribution in [0, 0.1) is 0 Å². The Morgan fingerprint density at radius 1 is 0.814 bits per heavy atom. The maximum atomic E-state index is 14.3. The molecule has 0 radical (unpaired) electrons. The van der Waals surface area contributed by atoms with E-state index in [0.29, 0.717) is 27.2 Å². The molecule has 11 heteroatoms. The molecule has 0 aliphatic rings. The van der Waals surface area contributed by atoms with Crippen LogP contribution >= 0.6 is 34.8 Å². The van der Waals surface area contributed by atoms with E-state index in [0.717, 1.165) is 9.87 Å². The minimum Gasteiger partial charge on any atom is -0.355 e. The number of hydrogen-bond donors (Lipinski definition) is 1. The molecule has 0 aliphatic carbocycles. The zero-order chi connectivity index (χ0) is 31.0. The van der Waals surface area contributed by atoms with Crippen molar-refractivity contribution in [1.82, 2.24) is 10.2 Å². The number of carbonyl (C=O) groups is 2. The highest BCUT2D eigenvalue weighted by Gasteiger charge is 2.34. The van der Waals surface area contributed by atoms with Gasteiger partial charge < -0.3 is 10.2 Å². The number of nitrogens with zero attached hydrogens (tertiary/aromatic N) is 2. The first-order chi connectivity index (χ1) is 20.6. The summed E-state index contributed by atoms with van der Waals surface area (Å²) in [5.74, 6) is -0.980. The Morgan fingerprint density at radius 3 is 2.14 bits per heavy atom. The molecule has 7 nitrogen and oxygen atoms in total. The van der Waals surface area contributed by atoms with Gasteiger partial charge in [0.2, 0.25) is 11.8 Å². The zero-order valence-corrected chi connectivity index (χ0v) is 26.4. The van der Waals surface area contributed by atoms with Crippen molar-refractivity contribution in [1.29, 1.82) is 0 Å². The monoisotopic (exact) mass is 657 g/mol. The van der Waals surface area contributed by atoms with E-state index < -0.39 is 28.5 Å². The van der Waals surface area contributed by atoms with Gasteiger partial charge in [-0.3, -0.25) is 13.9 Å². The molecule has 43 heavy (non-hydrogen) atoms. The summed E-state index contributed by atoms with van der Waals surface area (Å²) in [4.78, 5) is 29.2. The van der Waals surface area contributed by atoms with E-state index in [-0.39, 0.29) is 29.5 Å². The van der Waals surface area contributed by atoms with Crippen LogP contribution in [0.3, 0.4) is 0 Å². The Kier molecular flexibility index (Phi) is 11.1. The van der Waals surface area contributed by atoms with Gasteiger partial charge >= 0.3 is 0 Å². The number of nitrogens with one attached hydrogen (secondary N) is 1. The number of amides is 2. The number of hydrogen-bond acceptors (Lipinski definition) is 4. The lowest BCUT2D eigenvalue weighted by Crippen LogP contribution is -2.53. The number of rotatable bonds is 12. The van der Waals surface area contributed by atoms with Crippen LogP contribution < -0.4 is 9.62 Å². The topological polar surface area (TPSA) is 86.8 Å². The first-order valence-corrected chi connectivity index (χ1v) is 16.1. The van der Waals surface area contributed by atoms with E-state index >= 15 is 0 Å². The Bertz CT molecular complexity index is 1670. The lowest BCUT2D eigenvalue weighted by molar-refractivity contribution is -0.140. The van der Waals surface area contributed by atoms with Gasteiger partial charge in [0.15, 0.2) is 0 Å². The SMILES string of the molecule is CCNC(=O)[C@@H](Cc1ccccc1)N(Cc1ccccc1Cl)C(=O)CN(c1cccc(Cl)c1)S(=O)(=O)c1ccc(Cl)cc1. The summed E-state index contributed by atoms with van der Waals surface area (Å²) in [5.41, 5.74) is 1.62. The molecule has 1 atom stereocenters. The summed E-state index contributed by atoms with van der Waals surface area (Å²) in [6.45, 7) is 1.49. The first-order valence-electron chi connectivity index (χ1n) is 13.5. The van der Waals surface area contributed by atoms with Crippen LogP contribution in [0.2, 0.25) is 15.1 Å².